The van der Waals surface area contributed by atoms with Crippen LogP contribution in [0.1, 0.15) is 12.7 Å². The number of hydrogen-bond donors (Lipinski definition) is 4. The predicted octanol–water partition coefficient (Wildman–Crippen LogP) is -0.464. The fourth-order valence-corrected chi connectivity index (χ4v) is 5.98. The molecule has 1 saturated heterocycles. The Morgan fingerprint density at radius 1 is 1.37 bits per heavy atom. The lowest BCUT2D eigenvalue weighted by Crippen LogP contribution is -2.71. The topological polar surface area (TPSA) is 188 Å². The second kappa shape index (κ2) is 10.3. The van der Waals surface area contributed by atoms with Gasteiger partial charge in [0, 0.05) is 42.3 Å². The van der Waals surface area contributed by atoms with Crippen molar-refractivity contribution in [3.63, 3.8) is 0 Å². The SMILES string of the molecule is CCOC1=CC=C2N(CC3=C(C(=O)O)N4C(=O)[C@@H](NC(=O)/C(=N\OC)c5nsc(N)n5)[C@@H]4SC3)C=CN2N1. The van der Waals surface area contributed by atoms with Crippen molar-refractivity contribution in [3.8, 4) is 0 Å². The second-order valence-corrected chi connectivity index (χ2v) is 9.98. The largest absolute Gasteiger partial charge is 0.478 e. The smallest absolute Gasteiger partial charge is 0.352 e. The summed E-state index contributed by atoms with van der Waals surface area (Å²) in [5.74, 6) is -0.834. The van der Waals surface area contributed by atoms with Crippen LogP contribution >= 0.6 is 23.3 Å². The molecule has 0 spiro atoms. The summed E-state index contributed by atoms with van der Waals surface area (Å²) in [6.45, 7) is 2.65. The fraction of sp³-hybridized carbons (Fsp3) is 0.333. The number of thioether (sulfide) groups is 1. The van der Waals surface area contributed by atoms with E-state index in [0.717, 1.165) is 17.4 Å². The number of carbonyl (C=O) groups excluding carboxylic acids is 2. The second-order valence-electron chi connectivity index (χ2n) is 8.09. The van der Waals surface area contributed by atoms with E-state index in [1.807, 2.05) is 24.1 Å². The summed E-state index contributed by atoms with van der Waals surface area (Å²) >= 11 is 2.24. The number of fused-ring (bicyclic) bond motifs is 2. The van der Waals surface area contributed by atoms with Crippen LogP contribution in [0, 0.1) is 0 Å². The Balaban J connectivity index is 1.32. The highest BCUT2D eigenvalue weighted by atomic mass is 32.2. The van der Waals surface area contributed by atoms with Gasteiger partial charge in [0.05, 0.1) is 6.61 Å². The van der Waals surface area contributed by atoms with E-state index in [0.29, 0.717) is 23.8 Å². The van der Waals surface area contributed by atoms with Crippen molar-refractivity contribution in [2.24, 2.45) is 5.16 Å². The van der Waals surface area contributed by atoms with Gasteiger partial charge in [-0.15, -0.1) is 11.8 Å². The van der Waals surface area contributed by atoms with Gasteiger partial charge < -0.3 is 30.6 Å². The van der Waals surface area contributed by atoms with Gasteiger partial charge in [0.1, 0.15) is 30.0 Å². The number of hydrazine groups is 1. The molecular weight excluding hydrogens is 538 g/mol. The van der Waals surface area contributed by atoms with Crippen LogP contribution in [-0.2, 0) is 24.0 Å². The standard InChI is InChI=1S/C21H23N9O6S2/c1-3-36-11-4-5-12-28(6-7-29(12)25-11)8-10-9-37-19-14(18(32)30(19)15(10)20(33)34)23-17(31)13(26-35-2)16-24-21(22)38-27-16/h4-7,14,19,25H,3,8-9H2,1-2H3,(H,23,31)(H,33,34)(H2,22,24,27)/b26-13-/t14-,19+/m1/s1. The van der Waals surface area contributed by atoms with Gasteiger partial charge in [-0.2, -0.15) is 9.36 Å². The first kappa shape index (κ1) is 25.4. The number of carboxylic acids is 1. The molecule has 4 aliphatic heterocycles. The number of ether oxygens (including phenoxy) is 1. The molecule has 0 unspecified atom stereocenters. The van der Waals surface area contributed by atoms with Crippen LogP contribution < -0.4 is 16.5 Å². The number of allylic oxidation sites excluding steroid dienone is 2. The third-order valence-electron chi connectivity index (χ3n) is 5.80. The molecule has 5 heterocycles. The Kier molecular flexibility index (Phi) is 6.85. The van der Waals surface area contributed by atoms with E-state index in [1.54, 1.807) is 17.3 Å². The Morgan fingerprint density at radius 2 is 2.18 bits per heavy atom. The van der Waals surface area contributed by atoms with E-state index in [1.165, 1.54) is 23.8 Å². The Labute approximate surface area is 224 Å². The maximum atomic E-state index is 13.1. The molecule has 5 rings (SSSR count). The van der Waals surface area contributed by atoms with Crippen LogP contribution in [0.3, 0.4) is 0 Å². The van der Waals surface area contributed by atoms with E-state index in [4.69, 9.17) is 15.3 Å². The molecule has 0 bridgehead atoms. The maximum Gasteiger partial charge on any atom is 0.352 e. The van der Waals surface area contributed by atoms with E-state index < -0.39 is 29.2 Å². The van der Waals surface area contributed by atoms with Crippen molar-refractivity contribution in [3.05, 3.63) is 53.4 Å². The third-order valence-corrected chi connectivity index (χ3v) is 7.68. The average Bonchev–Trinajstić information content (AvgIpc) is 3.51. The Hall–Kier alpha value is -4.25. The molecule has 2 atom stereocenters. The minimum atomic E-state index is -1.22. The van der Waals surface area contributed by atoms with Crippen LogP contribution in [0.25, 0.3) is 0 Å². The number of oxime groups is 1. The molecular formula is C21H23N9O6S2. The Bertz CT molecular complexity index is 1340. The summed E-state index contributed by atoms with van der Waals surface area (Å²) in [6, 6.07) is -0.962. The number of rotatable bonds is 9. The number of aromatic nitrogens is 2. The molecule has 1 fully saturated rings. The van der Waals surface area contributed by atoms with Gasteiger partial charge in [0.2, 0.25) is 17.4 Å². The van der Waals surface area contributed by atoms with Gasteiger partial charge in [0.25, 0.3) is 11.8 Å². The highest BCUT2D eigenvalue weighted by Gasteiger charge is 2.54. The molecule has 5 N–H and O–H groups in total. The number of hydrogen-bond acceptors (Lipinski definition) is 14. The van der Waals surface area contributed by atoms with Crippen molar-refractivity contribution < 1.29 is 29.1 Å². The number of carbonyl (C=O) groups is 3. The zero-order valence-electron chi connectivity index (χ0n) is 20.2. The van der Waals surface area contributed by atoms with Gasteiger partial charge in [-0.1, -0.05) is 5.16 Å². The molecule has 0 saturated carbocycles. The number of nitrogens with one attached hydrogen (secondary N) is 2. The van der Waals surface area contributed by atoms with Gasteiger partial charge >= 0.3 is 5.97 Å². The number of carboxylic acid groups (broad SMARTS) is 1. The number of amides is 2. The van der Waals surface area contributed by atoms with E-state index in [2.05, 4.69) is 25.3 Å². The summed E-state index contributed by atoms with van der Waals surface area (Å²) < 4.78 is 9.44. The molecule has 1 aromatic heterocycles. The minimum Gasteiger partial charge on any atom is -0.478 e. The first-order valence-corrected chi connectivity index (χ1v) is 13.1. The third kappa shape index (κ3) is 4.49. The zero-order chi connectivity index (χ0) is 27.0. The molecule has 17 heteroatoms. The van der Waals surface area contributed by atoms with E-state index in [-0.39, 0.29) is 28.9 Å². The quantitative estimate of drug-likeness (QED) is 0.172. The molecule has 38 heavy (non-hydrogen) atoms. The van der Waals surface area contributed by atoms with Crippen LogP contribution in [0.15, 0.2) is 52.7 Å². The number of nitrogens with two attached hydrogens (primary N) is 1. The summed E-state index contributed by atoms with van der Waals surface area (Å²) in [5.41, 5.74) is 8.93. The first-order valence-electron chi connectivity index (χ1n) is 11.3. The number of aliphatic carboxylic acids is 1. The molecule has 4 aliphatic rings. The zero-order valence-corrected chi connectivity index (χ0v) is 21.8. The van der Waals surface area contributed by atoms with E-state index in [9.17, 15) is 19.5 Å². The summed E-state index contributed by atoms with van der Waals surface area (Å²) in [4.78, 5) is 50.0. The van der Waals surface area contributed by atoms with E-state index >= 15 is 0 Å². The number of anilines is 1. The van der Waals surface area contributed by atoms with Crippen LogP contribution in [0.5, 0.6) is 0 Å². The van der Waals surface area contributed by atoms with Gasteiger partial charge in [-0.25, -0.2) is 9.80 Å². The lowest BCUT2D eigenvalue weighted by molar-refractivity contribution is -0.150. The van der Waals surface area contributed by atoms with Crippen LogP contribution in [0.2, 0.25) is 0 Å². The van der Waals surface area contributed by atoms with Crippen LogP contribution in [-0.4, -0.2) is 90.2 Å². The molecule has 0 radical (unpaired) electrons. The average molecular weight is 562 g/mol. The summed E-state index contributed by atoms with van der Waals surface area (Å²) in [6.07, 6.45) is 7.24. The molecule has 200 valence electrons. The predicted molar refractivity (Wildman–Crippen MR) is 136 cm³/mol. The molecule has 0 aromatic carbocycles. The molecule has 1 aromatic rings. The van der Waals surface area contributed by atoms with Crippen molar-refractivity contribution in [1.82, 2.24) is 34.9 Å². The molecule has 15 nitrogen and oxygen atoms in total. The summed E-state index contributed by atoms with van der Waals surface area (Å²) in [5, 5.41) is 17.6. The van der Waals surface area contributed by atoms with Crippen molar-refractivity contribution in [2.45, 2.75) is 18.3 Å². The monoisotopic (exact) mass is 561 g/mol. The van der Waals surface area contributed by atoms with Crippen LogP contribution in [0.4, 0.5) is 5.13 Å². The van der Waals surface area contributed by atoms with Gasteiger partial charge in [0.15, 0.2) is 5.13 Å². The maximum absolute atomic E-state index is 13.1. The number of nitrogens with zero attached hydrogens (tertiary/aromatic N) is 6. The highest BCUT2D eigenvalue weighted by molar-refractivity contribution is 8.00. The number of nitrogen functional groups attached to an aromatic ring is 1. The fourth-order valence-electron chi connectivity index (χ4n) is 4.21. The van der Waals surface area contributed by atoms with Crippen molar-refractivity contribution in [2.75, 3.05) is 31.7 Å². The minimum absolute atomic E-state index is 0.0392. The lowest BCUT2D eigenvalue weighted by Gasteiger charge is -2.49. The van der Waals surface area contributed by atoms with Gasteiger partial charge in [-0.05, 0) is 18.6 Å². The summed E-state index contributed by atoms with van der Waals surface area (Å²) in [7, 11) is 1.25. The normalized spacial score (nSPS) is 22.2. The van der Waals surface area contributed by atoms with Crippen molar-refractivity contribution in [1.29, 1.82) is 0 Å². The Morgan fingerprint density at radius 3 is 2.87 bits per heavy atom. The lowest BCUT2D eigenvalue weighted by atomic mass is 10.0. The van der Waals surface area contributed by atoms with Crippen molar-refractivity contribution >= 4 is 51.9 Å². The molecule has 2 amide bonds. The number of β-lactam (4-membered cyclic amide) rings is 1. The molecule has 0 aliphatic carbocycles. The highest BCUT2D eigenvalue weighted by Crippen LogP contribution is 2.41. The first-order chi connectivity index (χ1) is 18.3. The van der Waals surface area contributed by atoms with Gasteiger partial charge in [-0.3, -0.25) is 19.9 Å².